The molecule has 30 heavy (non-hydrogen) atoms. The molecule has 2 aliphatic carbocycles. The molecule has 1 unspecified atom stereocenters. The molecule has 0 amide bonds. The highest BCUT2D eigenvalue weighted by atomic mass is 35.5. The number of Topliss-reactive ketones (excluding diaryl/α,β-unsaturated/α-hetero) is 1. The van der Waals surface area contributed by atoms with Crippen LogP contribution in [0.5, 0.6) is 5.75 Å². The van der Waals surface area contributed by atoms with Gasteiger partial charge in [0.25, 0.3) is 0 Å². The lowest BCUT2D eigenvalue weighted by atomic mass is 9.64. The molecular weight excluding hydrogens is 419 g/mol. The second-order valence-corrected chi connectivity index (χ2v) is 9.64. The Labute approximate surface area is 186 Å². The SMILES string of the molecule is O=C1CC2(CCCCC2)CC2=C1C(c1ccc(Cl)cc1Cl)Nc1cccc(O)c1N2. The summed E-state index contributed by atoms with van der Waals surface area (Å²) >= 11 is 12.7. The number of benzene rings is 2. The van der Waals surface area contributed by atoms with Crippen LogP contribution in [-0.4, -0.2) is 10.9 Å². The van der Waals surface area contributed by atoms with Gasteiger partial charge in [-0.25, -0.2) is 0 Å². The van der Waals surface area contributed by atoms with Crippen molar-refractivity contribution < 1.29 is 9.90 Å². The number of phenolic OH excluding ortho intramolecular Hbond substituents is 1. The van der Waals surface area contributed by atoms with Crippen molar-refractivity contribution in [2.45, 2.75) is 51.0 Å². The zero-order valence-corrected chi connectivity index (χ0v) is 18.1. The van der Waals surface area contributed by atoms with E-state index in [2.05, 4.69) is 10.6 Å². The van der Waals surface area contributed by atoms with E-state index in [9.17, 15) is 9.90 Å². The van der Waals surface area contributed by atoms with Gasteiger partial charge in [0, 0.05) is 27.7 Å². The van der Waals surface area contributed by atoms with E-state index in [1.807, 2.05) is 12.1 Å². The first kappa shape index (κ1) is 19.8. The predicted molar refractivity (Wildman–Crippen MR) is 121 cm³/mol. The number of carbonyl (C=O) groups excluding carboxylic acids is 1. The molecule has 156 valence electrons. The van der Waals surface area contributed by atoms with Gasteiger partial charge in [-0.2, -0.15) is 0 Å². The Bertz CT molecular complexity index is 1060. The van der Waals surface area contributed by atoms with Gasteiger partial charge in [-0.3, -0.25) is 4.79 Å². The Balaban J connectivity index is 1.67. The van der Waals surface area contributed by atoms with E-state index >= 15 is 0 Å². The van der Waals surface area contributed by atoms with Gasteiger partial charge in [0.15, 0.2) is 5.78 Å². The van der Waals surface area contributed by atoms with Crippen LogP contribution < -0.4 is 10.6 Å². The zero-order valence-electron chi connectivity index (χ0n) is 16.6. The molecule has 0 bridgehead atoms. The van der Waals surface area contributed by atoms with E-state index in [0.29, 0.717) is 27.7 Å². The Morgan fingerprint density at radius 3 is 2.60 bits per heavy atom. The molecule has 3 aliphatic rings. The summed E-state index contributed by atoms with van der Waals surface area (Å²) in [5, 5.41) is 18.5. The molecule has 5 rings (SSSR count). The van der Waals surface area contributed by atoms with Crippen LogP contribution in [-0.2, 0) is 4.79 Å². The molecule has 1 heterocycles. The Kier molecular flexibility index (Phi) is 4.95. The number of ketones is 1. The smallest absolute Gasteiger partial charge is 0.163 e. The van der Waals surface area contributed by atoms with Crippen molar-refractivity contribution in [1.82, 2.24) is 0 Å². The van der Waals surface area contributed by atoms with Crippen LogP contribution in [0.1, 0.15) is 56.6 Å². The molecular formula is C24H24Cl2N2O2. The van der Waals surface area contributed by atoms with E-state index in [4.69, 9.17) is 23.2 Å². The van der Waals surface area contributed by atoms with E-state index in [-0.39, 0.29) is 16.9 Å². The topological polar surface area (TPSA) is 61.4 Å². The van der Waals surface area contributed by atoms with Crippen molar-refractivity contribution in [3.63, 3.8) is 0 Å². The number of allylic oxidation sites excluding steroid dienone is 1. The normalized spacial score (nSPS) is 22.6. The number of phenols is 1. The Morgan fingerprint density at radius 1 is 1.03 bits per heavy atom. The first-order valence-corrected chi connectivity index (χ1v) is 11.3. The number of halogens is 2. The molecule has 0 saturated heterocycles. The lowest BCUT2D eigenvalue weighted by Crippen LogP contribution is -2.36. The van der Waals surface area contributed by atoms with Gasteiger partial charge in [0.1, 0.15) is 11.4 Å². The molecule has 1 saturated carbocycles. The minimum atomic E-state index is -0.409. The summed E-state index contributed by atoms with van der Waals surface area (Å²) in [7, 11) is 0. The van der Waals surface area contributed by atoms with E-state index in [0.717, 1.165) is 36.2 Å². The first-order chi connectivity index (χ1) is 14.5. The fourth-order valence-electron chi connectivity index (χ4n) is 5.38. The average Bonchev–Trinajstić information content (AvgIpc) is 2.86. The number of para-hydroxylation sites is 1. The molecule has 0 radical (unpaired) electrons. The zero-order chi connectivity index (χ0) is 20.9. The number of anilines is 2. The summed E-state index contributed by atoms with van der Waals surface area (Å²) in [6.07, 6.45) is 7.11. The predicted octanol–water partition coefficient (Wildman–Crippen LogP) is 6.85. The van der Waals surface area contributed by atoms with Crippen LogP contribution in [0.4, 0.5) is 11.4 Å². The van der Waals surface area contributed by atoms with Crippen molar-refractivity contribution in [2.24, 2.45) is 5.41 Å². The third-order valence-electron chi connectivity index (χ3n) is 6.81. The van der Waals surface area contributed by atoms with Gasteiger partial charge in [-0.15, -0.1) is 0 Å². The van der Waals surface area contributed by atoms with Gasteiger partial charge in [-0.05, 0) is 54.5 Å². The average molecular weight is 443 g/mol. The number of fused-ring (bicyclic) bond motifs is 1. The number of rotatable bonds is 1. The molecule has 6 heteroatoms. The van der Waals surface area contributed by atoms with Crippen LogP contribution >= 0.6 is 23.2 Å². The molecule has 1 atom stereocenters. The van der Waals surface area contributed by atoms with Crippen LogP contribution in [0.25, 0.3) is 0 Å². The second kappa shape index (κ2) is 7.51. The van der Waals surface area contributed by atoms with E-state index in [1.165, 1.54) is 19.3 Å². The maximum absolute atomic E-state index is 13.6. The fourth-order valence-corrected chi connectivity index (χ4v) is 5.90. The highest BCUT2D eigenvalue weighted by Crippen LogP contribution is 2.52. The van der Waals surface area contributed by atoms with Gasteiger partial charge < -0.3 is 15.7 Å². The van der Waals surface area contributed by atoms with E-state index < -0.39 is 6.04 Å². The molecule has 2 aromatic carbocycles. The van der Waals surface area contributed by atoms with Crippen molar-refractivity contribution >= 4 is 40.4 Å². The van der Waals surface area contributed by atoms with Crippen molar-refractivity contribution in [3.05, 3.63) is 63.3 Å². The van der Waals surface area contributed by atoms with Crippen LogP contribution in [0, 0.1) is 5.41 Å². The Hall–Kier alpha value is -2.17. The third-order valence-corrected chi connectivity index (χ3v) is 7.37. The molecule has 1 aliphatic heterocycles. The summed E-state index contributed by atoms with van der Waals surface area (Å²) in [4.78, 5) is 13.6. The number of hydrogen-bond donors (Lipinski definition) is 3. The summed E-state index contributed by atoms with van der Waals surface area (Å²) in [5.74, 6) is 0.312. The molecule has 4 nitrogen and oxygen atoms in total. The molecule has 2 aromatic rings. The van der Waals surface area contributed by atoms with Gasteiger partial charge in [0.05, 0.1) is 11.7 Å². The second-order valence-electron chi connectivity index (χ2n) is 8.80. The lowest BCUT2D eigenvalue weighted by Gasteiger charge is -2.42. The van der Waals surface area contributed by atoms with Gasteiger partial charge >= 0.3 is 0 Å². The third kappa shape index (κ3) is 3.36. The number of carbonyl (C=O) groups is 1. The maximum atomic E-state index is 13.6. The molecule has 3 N–H and O–H groups in total. The quantitative estimate of drug-likeness (QED) is 0.422. The minimum Gasteiger partial charge on any atom is -0.506 e. The number of hydrogen-bond acceptors (Lipinski definition) is 4. The maximum Gasteiger partial charge on any atom is 0.163 e. The van der Waals surface area contributed by atoms with Crippen molar-refractivity contribution in [1.29, 1.82) is 0 Å². The summed E-state index contributed by atoms with van der Waals surface area (Å²) in [6, 6.07) is 10.3. The number of nitrogens with one attached hydrogen (secondary N) is 2. The largest absolute Gasteiger partial charge is 0.506 e. The standard InChI is InChI=1S/C24H24Cl2N2O2/c25-14-7-8-15(16(26)11-14)22-21-18(28-23-17(27-22)5-4-6-19(23)29)12-24(13-20(21)30)9-2-1-3-10-24/h4-8,11,22,27-29H,1-3,9-10,12-13H2. The minimum absolute atomic E-state index is 0.0183. The summed E-state index contributed by atoms with van der Waals surface area (Å²) in [5.41, 5.74) is 3.79. The Morgan fingerprint density at radius 2 is 1.83 bits per heavy atom. The summed E-state index contributed by atoms with van der Waals surface area (Å²) in [6.45, 7) is 0. The fraction of sp³-hybridized carbons (Fsp3) is 0.375. The van der Waals surface area contributed by atoms with Crippen molar-refractivity contribution in [3.8, 4) is 5.75 Å². The molecule has 0 aromatic heterocycles. The monoisotopic (exact) mass is 442 g/mol. The number of aromatic hydroxyl groups is 1. The molecule has 1 spiro atoms. The molecule has 1 fully saturated rings. The van der Waals surface area contributed by atoms with Gasteiger partial charge in [0.2, 0.25) is 0 Å². The first-order valence-electron chi connectivity index (χ1n) is 10.5. The summed E-state index contributed by atoms with van der Waals surface area (Å²) < 4.78 is 0. The van der Waals surface area contributed by atoms with E-state index in [1.54, 1.807) is 24.3 Å². The van der Waals surface area contributed by atoms with Crippen LogP contribution in [0.2, 0.25) is 10.0 Å². The van der Waals surface area contributed by atoms with Gasteiger partial charge in [-0.1, -0.05) is 54.6 Å². The lowest BCUT2D eigenvalue weighted by molar-refractivity contribution is -0.119. The highest BCUT2D eigenvalue weighted by molar-refractivity contribution is 6.35. The van der Waals surface area contributed by atoms with Crippen LogP contribution in [0.15, 0.2) is 47.7 Å². The van der Waals surface area contributed by atoms with Crippen molar-refractivity contribution in [2.75, 3.05) is 10.6 Å². The van der Waals surface area contributed by atoms with Crippen LogP contribution in [0.3, 0.4) is 0 Å². The highest BCUT2D eigenvalue weighted by Gasteiger charge is 2.44.